The topological polar surface area (TPSA) is 42.4 Å². The lowest BCUT2D eigenvalue weighted by atomic mass is 10.1. The number of hydrogen-bond donors (Lipinski definition) is 0. The lowest BCUT2D eigenvalue weighted by Gasteiger charge is -2.22. The summed E-state index contributed by atoms with van der Waals surface area (Å²) in [5, 5.41) is 0. The minimum absolute atomic E-state index is 0.0999. The molecule has 0 spiro atoms. The van der Waals surface area contributed by atoms with Crippen molar-refractivity contribution in [2.45, 2.75) is 31.8 Å². The van der Waals surface area contributed by atoms with E-state index in [1.54, 1.807) is 6.20 Å². The van der Waals surface area contributed by atoms with Gasteiger partial charge in [0.1, 0.15) is 5.75 Å². The molecule has 1 fully saturated rings. The van der Waals surface area contributed by atoms with Crippen LogP contribution in [-0.2, 0) is 13.0 Å². The maximum atomic E-state index is 12.9. The van der Waals surface area contributed by atoms with Crippen LogP contribution < -0.4 is 4.74 Å². The fourth-order valence-electron chi connectivity index (χ4n) is 2.90. The predicted molar refractivity (Wildman–Crippen MR) is 82.8 cm³/mol. The van der Waals surface area contributed by atoms with Gasteiger partial charge in [-0.3, -0.25) is 9.78 Å². The molecular weight excluding hydrogens is 276 g/mol. The number of fused-ring (bicyclic) bond motifs is 1. The van der Waals surface area contributed by atoms with Crippen LogP contribution in [0.1, 0.15) is 34.5 Å². The van der Waals surface area contributed by atoms with Gasteiger partial charge in [-0.2, -0.15) is 0 Å². The van der Waals surface area contributed by atoms with Crippen molar-refractivity contribution in [3.63, 3.8) is 0 Å². The van der Waals surface area contributed by atoms with Gasteiger partial charge < -0.3 is 9.64 Å². The third-order valence-corrected chi connectivity index (χ3v) is 4.24. The van der Waals surface area contributed by atoms with Gasteiger partial charge >= 0.3 is 0 Å². The highest BCUT2D eigenvalue weighted by Crippen LogP contribution is 2.31. The maximum absolute atomic E-state index is 12.9. The molecular formula is C18H18N2O2. The molecule has 1 aromatic carbocycles. The van der Waals surface area contributed by atoms with Gasteiger partial charge in [-0.15, -0.1) is 0 Å². The molecule has 1 amide bonds. The van der Waals surface area contributed by atoms with E-state index in [1.807, 2.05) is 41.3 Å². The number of benzene rings is 1. The predicted octanol–water partition coefficient (Wildman–Crippen LogP) is 2.82. The van der Waals surface area contributed by atoms with Crippen LogP contribution in [0.15, 0.2) is 42.6 Å². The Bertz CT molecular complexity index is 695. The molecule has 4 rings (SSSR count). The number of pyridine rings is 1. The number of carbonyl (C=O) groups excluding carboxylic acids is 1. The van der Waals surface area contributed by atoms with Crippen molar-refractivity contribution in [3.05, 3.63) is 59.4 Å². The normalized spacial score (nSPS) is 16.0. The molecule has 0 atom stereocenters. The van der Waals surface area contributed by atoms with E-state index < -0.39 is 0 Å². The van der Waals surface area contributed by atoms with Gasteiger partial charge in [-0.25, -0.2) is 0 Å². The first-order valence-electron chi connectivity index (χ1n) is 7.78. The second kappa shape index (κ2) is 5.44. The molecule has 2 aliphatic rings. The van der Waals surface area contributed by atoms with Crippen LogP contribution in [0.4, 0.5) is 0 Å². The fourth-order valence-corrected chi connectivity index (χ4v) is 2.90. The van der Waals surface area contributed by atoms with Gasteiger partial charge in [0.15, 0.2) is 0 Å². The summed E-state index contributed by atoms with van der Waals surface area (Å²) < 4.78 is 5.51. The van der Waals surface area contributed by atoms with Gasteiger partial charge in [-0.05, 0) is 48.7 Å². The molecule has 1 aliphatic heterocycles. The average Bonchev–Trinajstić information content (AvgIpc) is 3.29. The number of nitrogens with zero attached hydrogens (tertiary/aromatic N) is 2. The molecule has 1 aromatic heterocycles. The minimum atomic E-state index is 0.0999. The Morgan fingerprint density at radius 2 is 2.18 bits per heavy atom. The van der Waals surface area contributed by atoms with Gasteiger partial charge in [0.05, 0.1) is 18.8 Å². The monoisotopic (exact) mass is 294 g/mol. The summed E-state index contributed by atoms with van der Waals surface area (Å²) in [7, 11) is 0. The van der Waals surface area contributed by atoms with E-state index in [0.717, 1.165) is 41.8 Å². The number of aromatic nitrogens is 1. The highest BCUT2D eigenvalue weighted by Gasteiger charge is 2.33. The van der Waals surface area contributed by atoms with E-state index in [1.165, 1.54) is 0 Å². The van der Waals surface area contributed by atoms with Gasteiger partial charge in [0, 0.05) is 24.2 Å². The molecule has 1 saturated carbocycles. The Balaban J connectivity index is 1.58. The van der Waals surface area contributed by atoms with E-state index in [4.69, 9.17) is 4.74 Å². The van der Waals surface area contributed by atoms with Crippen molar-refractivity contribution >= 4 is 5.91 Å². The number of amides is 1. The van der Waals surface area contributed by atoms with Crippen LogP contribution >= 0.6 is 0 Å². The molecule has 22 heavy (non-hydrogen) atoms. The molecule has 2 heterocycles. The summed E-state index contributed by atoms with van der Waals surface area (Å²) in [6, 6.07) is 12.0. The maximum Gasteiger partial charge on any atom is 0.254 e. The van der Waals surface area contributed by atoms with Gasteiger partial charge in [0.2, 0.25) is 0 Å². The smallest absolute Gasteiger partial charge is 0.254 e. The van der Waals surface area contributed by atoms with Crippen molar-refractivity contribution in [2.75, 3.05) is 6.61 Å². The fraction of sp³-hybridized carbons (Fsp3) is 0.333. The summed E-state index contributed by atoms with van der Waals surface area (Å²) in [5.74, 6) is 1.02. The van der Waals surface area contributed by atoms with Gasteiger partial charge in [0.25, 0.3) is 5.91 Å². The molecule has 0 saturated heterocycles. The molecule has 4 heteroatoms. The molecule has 0 bridgehead atoms. The Kier molecular flexibility index (Phi) is 3.29. The van der Waals surface area contributed by atoms with Gasteiger partial charge in [-0.1, -0.05) is 6.07 Å². The average molecular weight is 294 g/mol. The van der Waals surface area contributed by atoms with Crippen LogP contribution in [0.5, 0.6) is 5.75 Å². The summed E-state index contributed by atoms with van der Waals surface area (Å²) in [4.78, 5) is 19.2. The standard InChI is InChI=1S/C18H18N2O2/c21-18(14-4-7-17-13(11-14)8-10-22-17)20(16-5-6-16)12-15-3-1-2-9-19-15/h1-4,7,9,11,16H,5-6,8,10,12H2. The van der Waals surface area contributed by atoms with Crippen molar-refractivity contribution in [3.8, 4) is 5.75 Å². The summed E-state index contributed by atoms with van der Waals surface area (Å²) >= 11 is 0. The summed E-state index contributed by atoms with van der Waals surface area (Å²) in [5.41, 5.74) is 2.83. The summed E-state index contributed by atoms with van der Waals surface area (Å²) in [6.07, 6.45) is 4.84. The molecule has 2 aromatic rings. The zero-order valence-corrected chi connectivity index (χ0v) is 12.4. The SMILES string of the molecule is O=C(c1ccc2c(c1)CCO2)N(Cc1ccccn1)C1CC1. The number of ether oxygens (including phenoxy) is 1. The largest absolute Gasteiger partial charge is 0.493 e. The zero-order chi connectivity index (χ0) is 14.9. The first kappa shape index (κ1) is 13.3. The van der Waals surface area contributed by atoms with Crippen LogP contribution in [-0.4, -0.2) is 28.4 Å². The second-order valence-corrected chi connectivity index (χ2v) is 5.91. The molecule has 112 valence electrons. The van der Waals surface area contributed by atoms with Crippen LogP contribution in [0.2, 0.25) is 0 Å². The Morgan fingerprint density at radius 1 is 1.27 bits per heavy atom. The molecule has 4 nitrogen and oxygen atoms in total. The van der Waals surface area contributed by atoms with E-state index >= 15 is 0 Å². The molecule has 1 aliphatic carbocycles. The van der Waals surface area contributed by atoms with Crippen LogP contribution in [0, 0.1) is 0 Å². The van der Waals surface area contributed by atoms with E-state index in [2.05, 4.69) is 4.98 Å². The van der Waals surface area contributed by atoms with Crippen molar-refractivity contribution in [1.82, 2.24) is 9.88 Å². The van der Waals surface area contributed by atoms with Crippen molar-refractivity contribution in [2.24, 2.45) is 0 Å². The van der Waals surface area contributed by atoms with E-state index in [0.29, 0.717) is 19.2 Å². The van der Waals surface area contributed by atoms with Crippen LogP contribution in [0.25, 0.3) is 0 Å². The van der Waals surface area contributed by atoms with Crippen molar-refractivity contribution in [1.29, 1.82) is 0 Å². The third-order valence-electron chi connectivity index (χ3n) is 4.24. The molecule has 0 radical (unpaired) electrons. The first-order chi connectivity index (χ1) is 10.8. The number of carbonyl (C=O) groups is 1. The van der Waals surface area contributed by atoms with Crippen molar-refractivity contribution < 1.29 is 9.53 Å². The Hall–Kier alpha value is -2.36. The van der Waals surface area contributed by atoms with E-state index in [-0.39, 0.29) is 5.91 Å². The Labute approximate surface area is 129 Å². The van der Waals surface area contributed by atoms with E-state index in [9.17, 15) is 4.79 Å². The number of rotatable bonds is 4. The Morgan fingerprint density at radius 3 is 2.95 bits per heavy atom. The third kappa shape index (κ3) is 2.56. The second-order valence-electron chi connectivity index (χ2n) is 5.91. The molecule has 0 N–H and O–H groups in total. The molecule has 0 unspecified atom stereocenters. The minimum Gasteiger partial charge on any atom is -0.493 e. The highest BCUT2D eigenvalue weighted by molar-refractivity contribution is 5.95. The van der Waals surface area contributed by atoms with Crippen LogP contribution in [0.3, 0.4) is 0 Å². The number of hydrogen-bond acceptors (Lipinski definition) is 3. The first-order valence-corrected chi connectivity index (χ1v) is 7.78. The lowest BCUT2D eigenvalue weighted by molar-refractivity contribution is 0.0727. The zero-order valence-electron chi connectivity index (χ0n) is 12.4. The highest BCUT2D eigenvalue weighted by atomic mass is 16.5. The quantitative estimate of drug-likeness (QED) is 0.871. The lowest BCUT2D eigenvalue weighted by Crippen LogP contribution is -2.32. The summed E-state index contributed by atoms with van der Waals surface area (Å²) in [6.45, 7) is 1.30.